The summed E-state index contributed by atoms with van der Waals surface area (Å²) in [7, 11) is 1.43. The number of hydrogen-bond acceptors (Lipinski definition) is 2. The highest BCUT2D eigenvalue weighted by Crippen LogP contribution is 2.13. The van der Waals surface area contributed by atoms with Crippen molar-refractivity contribution in [1.82, 2.24) is 0 Å². The lowest BCUT2D eigenvalue weighted by molar-refractivity contribution is -0.140. The lowest BCUT2D eigenvalue weighted by atomic mass is 10.1. The lowest BCUT2D eigenvalue weighted by Gasteiger charge is -2.04. The molecule has 0 spiro atoms. The smallest absolute Gasteiger partial charge is 0.305 e. The summed E-state index contributed by atoms with van der Waals surface area (Å²) in [6, 6.07) is 0. The molecule has 0 aliphatic carbocycles. The van der Waals surface area contributed by atoms with Crippen molar-refractivity contribution in [1.29, 1.82) is 0 Å². The molecular formula is C9H17BrO2. The zero-order chi connectivity index (χ0) is 9.40. The Morgan fingerprint density at radius 2 is 2.17 bits per heavy atom. The highest BCUT2D eigenvalue weighted by Gasteiger charge is 2.02. The van der Waals surface area contributed by atoms with Gasteiger partial charge in [-0.1, -0.05) is 29.3 Å². The summed E-state index contributed by atoms with van der Waals surface area (Å²) in [5.74, 6) is -0.0994. The lowest BCUT2D eigenvalue weighted by Crippen LogP contribution is -2.00. The summed E-state index contributed by atoms with van der Waals surface area (Å²) in [5, 5.41) is 0. The zero-order valence-corrected chi connectivity index (χ0v) is 9.39. The highest BCUT2D eigenvalue weighted by molar-refractivity contribution is 9.09. The molecule has 0 rings (SSSR count). The van der Waals surface area contributed by atoms with Gasteiger partial charge in [-0.25, -0.2) is 0 Å². The van der Waals surface area contributed by atoms with E-state index >= 15 is 0 Å². The summed E-state index contributed by atoms with van der Waals surface area (Å²) in [6.45, 7) is 2.15. The second-order valence-corrected chi connectivity index (χ2v) is 4.12. The zero-order valence-electron chi connectivity index (χ0n) is 7.81. The second kappa shape index (κ2) is 7.59. The Kier molecular flexibility index (Phi) is 7.56. The van der Waals surface area contributed by atoms with Crippen LogP contribution in [-0.4, -0.2) is 17.9 Å². The summed E-state index contributed by atoms with van der Waals surface area (Å²) < 4.78 is 4.53. The first-order valence-corrected chi connectivity index (χ1v) is 5.33. The molecule has 0 saturated carbocycles. The fraction of sp³-hybridized carbons (Fsp3) is 0.889. The Balaban J connectivity index is 3.15. The van der Waals surface area contributed by atoms with E-state index in [-0.39, 0.29) is 5.97 Å². The van der Waals surface area contributed by atoms with Crippen molar-refractivity contribution in [3.05, 3.63) is 0 Å². The van der Waals surface area contributed by atoms with E-state index < -0.39 is 0 Å². The molecule has 0 radical (unpaired) electrons. The van der Waals surface area contributed by atoms with Crippen LogP contribution in [0.4, 0.5) is 0 Å². The maximum atomic E-state index is 10.7. The van der Waals surface area contributed by atoms with Crippen molar-refractivity contribution in [3.63, 3.8) is 0 Å². The third-order valence-electron chi connectivity index (χ3n) is 1.82. The summed E-state index contributed by atoms with van der Waals surface area (Å²) in [5.41, 5.74) is 0. The van der Waals surface area contributed by atoms with Crippen LogP contribution in [-0.2, 0) is 9.53 Å². The van der Waals surface area contributed by atoms with Crippen LogP contribution in [0.1, 0.15) is 39.0 Å². The van der Waals surface area contributed by atoms with Crippen LogP contribution in [0, 0.1) is 0 Å². The van der Waals surface area contributed by atoms with E-state index in [4.69, 9.17) is 0 Å². The molecule has 1 unspecified atom stereocenters. The van der Waals surface area contributed by atoms with Crippen LogP contribution < -0.4 is 0 Å². The molecule has 3 heteroatoms. The molecule has 0 heterocycles. The number of carbonyl (C=O) groups is 1. The van der Waals surface area contributed by atoms with Crippen molar-refractivity contribution in [2.45, 2.75) is 43.9 Å². The SMILES string of the molecule is CCC(Br)CCCCC(=O)OC. The van der Waals surface area contributed by atoms with Crippen LogP contribution in [0.25, 0.3) is 0 Å². The number of ether oxygens (including phenoxy) is 1. The molecule has 0 amide bonds. The summed E-state index contributed by atoms with van der Waals surface area (Å²) in [6.07, 6.45) is 4.89. The Labute approximate surface area is 82.8 Å². The van der Waals surface area contributed by atoms with Crippen LogP contribution in [0.5, 0.6) is 0 Å². The first-order valence-electron chi connectivity index (χ1n) is 4.41. The normalized spacial score (nSPS) is 12.6. The quantitative estimate of drug-likeness (QED) is 0.403. The first-order chi connectivity index (χ1) is 5.70. The topological polar surface area (TPSA) is 26.3 Å². The Hall–Kier alpha value is -0.0500. The van der Waals surface area contributed by atoms with Gasteiger partial charge < -0.3 is 4.74 Å². The predicted octanol–water partition coefficient (Wildman–Crippen LogP) is 2.89. The van der Waals surface area contributed by atoms with Crippen LogP contribution in [0.2, 0.25) is 0 Å². The van der Waals surface area contributed by atoms with Crippen LogP contribution in [0.3, 0.4) is 0 Å². The first kappa shape index (κ1) is 11.9. The number of alkyl halides is 1. The minimum atomic E-state index is -0.0994. The average molecular weight is 237 g/mol. The molecule has 72 valence electrons. The Morgan fingerprint density at radius 3 is 2.67 bits per heavy atom. The molecule has 12 heavy (non-hydrogen) atoms. The van der Waals surface area contributed by atoms with Gasteiger partial charge in [-0.3, -0.25) is 4.79 Å². The van der Waals surface area contributed by atoms with Gasteiger partial charge in [-0.05, 0) is 19.3 Å². The fourth-order valence-corrected chi connectivity index (χ4v) is 1.27. The van der Waals surface area contributed by atoms with Gasteiger partial charge in [0.15, 0.2) is 0 Å². The number of carbonyl (C=O) groups excluding carboxylic acids is 1. The minimum absolute atomic E-state index is 0.0994. The fourth-order valence-electron chi connectivity index (χ4n) is 0.941. The van der Waals surface area contributed by atoms with E-state index in [0.29, 0.717) is 11.2 Å². The number of rotatable bonds is 6. The van der Waals surface area contributed by atoms with E-state index in [1.807, 2.05) is 0 Å². The monoisotopic (exact) mass is 236 g/mol. The van der Waals surface area contributed by atoms with Gasteiger partial charge in [0, 0.05) is 11.2 Å². The van der Waals surface area contributed by atoms with Crippen molar-refractivity contribution >= 4 is 21.9 Å². The number of unbranched alkanes of at least 4 members (excludes halogenated alkanes) is 1. The van der Waals surface area contributed by atoms with Gasteiger partial charge in [0.1, 0.15) is 0 Å². The molecule has 0 aromatic carbocycles. The van der Waals surface area contributed by atoms with Crippen molar-refractivity contribution in [2.75, 3.05) is 7.11 Å². The van der Waals surface area contributed by atoms with E-state index in [9.17, 15) is 4.79 Å². The van der Waals surface area contributed by atoms with Gasteiger partial charge in [0.25, 0.3) is 0 Å². The average Bonchev–Trinajstić information content (AvgIpc) is 2.11. The molecule has 2 nitrogen and oxygen atoms in total. The van der Waals surface area contributed by atoms with E-state index in [2.05, 4.69) is 27.6 Å². The molecule has 0 aromatic rings. The third kappa shape index (κ3) is 6.65. The van der Waals surface area contributed by atoms with Crippen LogP contribution in [0.15, 0.2) is 0 Å². The molecule has 0 saturated heterocycles. The van der Waals surface area contributed by atoms with E-state index in [1.165, 1.54) is 7.11 Å². The number of halogens is 1. The van der Waals surface area contributed by atoms with E-state index in [1.54, 1.807) is 0 Å². The third-order valence-corrected chi connectivity index (χ3v) is 2.92. The molecule has 0 bridgehead atoms. The van der Waals surface area contributed by atoms with Crippen molar-refractivity contribution in [3.8, 4) is 0 Å². The van der Waals surface area contributed by atoms with Crippen molar-refractivity contribution < 1.29 is 9.53 Å². The van der Waals surface area contributed by atoms with Gasteiger partial charge in [-0.2, -0.15) is 0 Å². The Bertz CT molecular complexity index is 126. The summed E-state index contributed by atoms with van der Waals surface area (Å²) in [4.78, 5) is 11.3. The molecule has 0 N–H and O–H groups in total. The molecule has 0 aromatic heterocycles. The number of hydrogen-bond donors (Lipinski definition) is 0. The second-order valence-electron chi connectivity index (χ2n) is 2.83. The highest BCUT2D eigenvalue weighted by atomic mass is 79.9. The number of methoxy groups -OCH3 is 1. The number of esters is 1. The molecule has 0 fully saturated rings. The molecule has 0 aliphatic rings. The van der Waals surface area contributed by atoms with Crippen molar-refractivity contribution in [2.24, 2.45) is 0 Å². The van der Waals surface area contributed by atoms with Crippen LogP contribution >= 0.6 is 15.9 Å². The maximum absolute atomic E-state index is 10.7. The standard InChI is InChI=1S/C9H17BrO2/c1-3-8(10)6-4-5-7-9(11)12-2/h8H,3-7H2,1-2H3. The largest absolute Gasteiger partial charge is 0.469 e. The minimum Gasteiger partial charge on any atom is -0.469 e. The molecule has 1 atom stereocenters. The van der Waals surface area contributed by atoms with Gasteiger partial charge in [0.05, 0.1) is 7.11 Å². The van der Waals surface area contributed by atoms with Gasteiger partial charge in [0.2, 0.25) is 0 Å². The Morgan fingerprint density at radius 1 is 1.50 bits per heavy atom. The molecule has 0 aliphatic heterocycles. The van der Waals surface area contributed by atoms with Gasteiger partial charge in [-0.15, -0.1) is 0 Å². The van der Waals surface area contributed by atoms with Gasteiger partial charge >= 0.3 is 5.97 Å². The molecular weight excluding hydrogens is 220 g/mol. The maximum Gasteiger partial charge on any atom is 0.305 e. The predicted molar refractivity (Wildman–Crippen MR) is 53.5 cm³/mol. The van der Waals surface area contributed by atoms with E-state index in [0.717, 1.165) is 25.7 Å². The summed E-state index contributed by atoms with van der Waals surface area (Å²) >= 11 is 3.54.